The quantitative estimate of drug-likeness (QED) is 0.810. The van der Waals surface area contributed by atoms with Gasteiger partial charge >= 0.3 is 0 Å². The van der Waals surface area contributed by atoms with Gasteiger partial charge < -0.3 is 4.42 Å². The highest BCUT2D eigenvalue weighted by Gasteiger charge is 2.11. The molecule has 0 aliphatic rings. The van der Waals surface area contributed by atoms with Crippen molar-refractivity contribution in [3.05, 3.63) is 30.2 Å². The maximum Gasteiger partial charge on any atom is 0.216 e. The molecule has 0 N–H and O–H groups in total. The number of hydrogen-bond donors (Lipinski definition) is 0. The first-order chi connectivity index (χ1) is 7.99. The minimum Gasteiger partial charge on any atom is -0.444 e. The minimum atomic E-state index is -3.21. The Hall–Kier alpha value is -1.63. The average Bonchev–Trinajstić information content (AvgIpc) is 2.86. The number of nitrogens with zero attached hydrogens (tertiary/aromatic N) is 3. The van der Waals surface area contributed by atoms with Crippen molar-refractivity contribution in [1.82, 2.24) is 14.8 Å². The summed E-state index contributed by atoms with van der Waals surface area (Å²) in [6, 6.07) is 0. The van der Waals surface area contributed by atoms with Crippen molar-refractivity contribution >= 4 is 9.84 Å². The Balaban J connectivity index is 2.17. The molecule has 0 aliphatic heterocycles. The molecule has 92 valence electrons. The molecule has 0 aromatic carbocycles. The lowest BCUT2D eigenvalue weighted by atomic mass is 10.4. The summed E-state index contributed by atoms with van der Waals surface area (Å²) in [4.78, 5) is 4.27. The summed E-state index contributed by atoms with van der Waals surface area (Å²) in [7, 11) is -3.21. The van der Waals surface area contributed by atoms with E-state index in [1.807, 2.05) is 6.92 Å². The molecule has 0 spiro atoms. The zero-order valence-electron chi connectivity index (χ0n) is 9.62. The standard InChI is InChI=1S/C10H13N3O3S/c1-3-8-4-11-10(16-8)7-13-6-9(5-12-13)17(2,14)15/h4-6H,3,7H2,1-2H3. The highest BCUT2D eigenvalue weighted by Crippen LogP contribution is 2.09. The van der Waals surface area contributed by atoms with Crippen LogP contribution in [0.4, 0.5) is 0 Å². The monoisotopic (exact) mass is 255 g/mol. The van der Waals surface area contributed by atoms with Crippen molar-refractivity contribution in [1.29, 1.82) is 0 Å². The molecule has 17 heavy (non-hydrogen) atoms. The molecule has 0 saturated heterocycles. The first-order valence-electron chi connectivity index (χ1n) is 5.15. The van der Waals surface area contributed by atoms with Gasteiger partial charge in [-0.15, -0.1) is 0 Å². The molecule has 0 aliphatic carbocycles. The van der Waals surface area contributed by atoms with E-state index in [0.717, 1.165) is 18.4 Å². The van der Waals surface area contributed by atoms with E-state index in [0.29, 0.717) is 12.4 Å². The fourth-order valence-electron chi connectivity index (χ4n) is 1.35. The molecule has 0 saturated carbocycles. The molecular formula is C10H13N3O3S. The first kappa shape index (κ1) is 11.8. The van der Waals surface area contributed by atoms with Gasteiger partial charge in [0.15, 0.2) is 9.84 Å². The van der Waals surface area contributed by atoms with E-state index in [-0.39, 0.29) is 4.90 Å². The van der Waals surface area contributed by atoms with E-state index in [9.17, 15) is 8.42 Å². The van der Waals surface area contributed by atoms with Crippen molar-refractivity contribution < 1.29 is 12.8 Å². The van der Waals surface area contributed by atoms with Crippen molar-refractivity contribution in [2.75, 3.05) is 6.26 Å². The zero-order chi connectivity index (χ0) is 12.5. The third-order valence-electron chi connectivity index (χ3n) is 2.28. The van der Waals surface area contributed by atoms with Crippen LogP contribution in [0.3, 0.4) is 0 Å². The second kappa shape index (κ2) is 4.33. The van der Waals surface area contributed by atoms with Crippen LogP contribution < -0.4 is 0 Å². The maximum atomic E-state index is 11.3. The van der Waals surface area contributed by atoms with Gasteiger partial charge in [0.25, 0.3) is 0 Å². The maximum absolute atomic E-state index is 11.3. The fraction of sp³-hybridized carbons (Fsp3) is 0.400. The van der Waals surface area contributed by atoms with Crippen LogP contribution in [0.15, 0.2) is 27.9 Å². The predicted octanol–water partition coefficient (Wildman–Crippen LogP) is 0.885. The molecule has 2 aromatic rings. The van der Waals surface area contributed by atoms with Gasteiger partial charge in [-0.2, -0.15) is 5.10 Å². The molecule has 2 rings (SSSR count). The highest BCUT2D eigenvalue weighted by molar-refractivity contribution is 7.90. The average molecular weight is 255 g/mol. The highest BCUT2D eigenvalue weighted by atomic mass is 32.2. The molecule has 2 aromatic heterocycles. The summed E-state index contributed by atoms with van der Waals surface area (Å²) >= 11 is 0. The molecule has 0 atom stereocenters. The summed E-state index contributed by atoms with van der Waals surface area (Å²) < 4.78 is 29.4. The van der Waals surface area contributed by atoms with Gasteiger partial charge in [-0.3, -0.25) is 4.68 Å². The van der Waals surface area contributed by atoms with Crippen molar-refractivity contribution in [2.45, 2.75) is 24.8 Å². The summed E-state index contributed by atoms with van der Waals surface area (Å²) in [5, 5.41) is 3.95. The Kier molecular flexibility index (Phi) is 3.01. The van der Waals surface area contributed by atoms with E-state index < -0.39 is 9.84 Å². The van der Waals surface area contributed by atoms with Crippen molar-refractivity contribution in [3.63, 3.8) is 0 Å². The Morgan fingerprint density at radius 2 is 2.18 bits per heavy atom. The zero-order valence-corrected chi connectivity index (χ0v) is 10.4. The third-order valence-corrected chi connectivity index (χ3v) is 3.35. The van der Waals surface area contributed by atoms with Crippen LogP contribution >= 0.6 is 0 Å². The molecule has 7 heteroatoms. The Morgan fingerprint density at radius 3 is 2.71 bits per heavy atom. The van der Waals surface area contributed by atoms with Gasteiger partial charge in [0, 0.05) is 18.9 Å². The summed E-state index contributed by atoms with van der Waals surface area (Å²) in [6.45, 7) is 2.30. The van der Waals surface area contributed by atoms with E-state index >= 15 is 0 Å². The topological polar surface area (TPSA) is 78.0 Å². The minimum absolute atomic E-state index is 0.194. The molecular weight excluding hydrogens is 242 g/mol. The number of hydrogen-bond acceptors (Lipinski definition) is 5. The van der Waals surface area contributed by atoms with Gasteiger partial charge in [0.2, 0.25) is 5.89 Å². The predicted molar refractivity (Wildman–Crippen MR) is 60.3 cm³/mol. The van der Waals surface area contributed by atoms with E-state index in [4.69, 9.17) is 4.42 Å². The van der Waals surface area contributed by atoms with Crippen LogP contribution in [-0.2, 0) is 22.8 Å². The van der Waals surface area contributed by atoms with Crippen LogP contribution in [0.2, 0.25) is 0 Å². The Labute approximate surface area is 99.2 Å². The van der Waals surface area contributed by atoms with Crippen LogP contribution in [0, 0.1) is 0 Å². The van der Waals surface area contributed by atoms with Crippen molar-refractivity contribution in [2.24, 2.45) is 0 Å². The van der Waals surface area contributed by atoms with Gasteiger partial charge in [-0.1, -0.05) is 6.92 Å². The Morgan fingerprint density at radius 1 is 1.41 bits per heavy atom. The second-order valence-corrected chi connectivity index (χ2v) is 5.74. The van der Waals surface area contributed by atoms with Gasteiger partial charge in [-0.25, -0.2) is 13.4 Å². The lowest BCUT2D eigenvalue weighted by Crippen LogP contribution is -2.00. The van der Waals surface area contributed by atoms with E-state index in [1.54, 1.807) is 6.20 Å². The third kappa shape index (κ3) is 2.73. The lowest BCUT2D eigenvalue weighted by molar-refractivity contribution is 0.436. The second-order valence-electron chi connectivity index (χ2n) is 3.72. The van der Waals surface area contributed by atoms with Crippen molar-refractivity contribution in [3.8, 4) is 0 Å². The molecule has 0 unspecified atom stereocenters. The van der Waals surface area contributed by atoms with E-state index in [2.05, 4.69) is 10.1 Å². The molecule has 2 heterocycles. The van der Waals surface area contributed by atoms with Crippen LogP contribution in [0.25, 0.3) is 0 Å². The largest absolute Gasteiger partial charge is 0.444 e. The van der Waals surface area contributed by atoms with Gasteiger partial charge in [-0.05, 0) is 0 Å². The number of aromatic nitrogens is 3. The summed E-state index contributed by atoms with van der Waals surface area (Å²) in [6.07, 6.45) is 6.37. The molecule has 0 amide bonds. The number of aryl methyl sites for hydroxylation is 1. The Bertz CT molecular complexity index is 612. The van der Waals surface area contributed by atoms with Crippen LogP contribution in [0.1, 0.15) is 18.6 Å². The number of oxazole rings is 1. The SMILES string of the molecule is CCc1cnc(Cn2cc(S(C)(=O)=O)cn2)o1. The summed E-state index contributed by atoms with van der Waals surface area (Å²) in [5.41, 5.74) is 0. The molecule has 0 radical (unpaired) electrons. The fourth-order valence-corrected chi connectivity index (χ4v) is 1.90. The summed E-state index contributed by atoms with van der Waals surface area (Å²) in [5.74, 6) is 1.32. The van der Waals surface area contributed by atoms with E-state index in [1.165, 1.54) is 17.1 Å². The number of sulfone groups is 1. The first-order valence-corrected chi connectivity index (χ1v) is 7.04. The smallest absolute Gasteiger partial charge is 0.216 e. The van der Waals surface area contributed by atoms with Gasteiger partial charge in [0.05, 0.1) is 12.4 Å². The van der Waals surface area contributed by atoms with Crippen LogP contribution in [-0.4, -0.2) is 29.4 Å². The normalized spacial score (nSPS) is 11.9. The lowest BCUT2D eigenvalue weighted by Gasteiger charge is -1.95. The molecule has 0 fully saturated rings. The molecule has 6 nitrogen and oxygen atoms in total. The van der Waals surface area contributed by atoms with Gasteiger partial charge in [0.1, 0.15) is 17.2 Å². The molecule has 0 bridgehead atoms. The number of rotatable bonds is 4. The van der Waals surface area contributed by atoms with Crippen LogP contribution in [0.5, 0.6) is 0 Å².